The summed E-state index contributed by atoms with van der Waals surface area (Å²) in [6, 6.07) is 11.0. The van der Waals surface area contributed by atoms with Gasteiger partial charge in [-0.1, -0.05) is 0 Å². The number of fused-ring (bicyclic) bond motifs is 1. The highest BCUT2D eigenvalue weighted by Crippen LogP contribution is 2.33. The molecular formula is C26H35N7O2Si. The van der Waals surface area contributed by atoms with Gasteiger partial charge in [-0.25, -0.2) is 9.36 Å². The molecule has 4 heterocycles. The van der Waals surface area contributed by atoms with Crippen LogP contribution in [0.4, 0.5) is 0 Å². The largest absolute Gasteiger partial charge is 0.473 e. The van der Waals surface area contributed by atoms with E-state index in [0.29, 0.717) is 12.6 Å². The first-order valence-corrected chi connectivity index (χ1v) is 14.0. The van der Waals surface area contributed by atoms with Gasteiger partial charge < -0.3 is 14.8 Å². The lowest BCUT2D eigenvalue weighted by molar-refractivity contribution is 0.0524. The number of benzene rings is 1. The highest BCUT2D eigenvalue weighted by molar-refractivity contribution is 6.08. The second-order valence-electron chi connectivity index (χ2n) is 10.8. The van der Waals surface area contributed by atoms with E-state index in [1.165, 1.54) is 0 Å². The van der Waals surface area contributed by atoms with Crippen molar-refractivity contribution >= 4 is 21.1 Å². The molecule has 1 aliphatic heterocycles. The molecule has 0 unspecified atom stereocenters. The van der Waals surface area contributed by atoms with Gasteiger partial charge in [0.2, 0.25) is 5.88 Å². The van der Waals surface area contributed by atoms with Crippen molar-refractivity contribution in [2.75, 3.05) is 6.61 Å². The average molecular weight is 506 g/mol. The van der Waals surface area contributed by atoms with Gasteiger partial charge in [-0.05, 0) is 58.0 Å². The van der Waals surface area contributed by atoms with Crippen LogP contribution in [-0.2, 0) is 11.5 Å². The van der Waals surface area contributed by atoms with Gasteiger partial charge in [-0.3, -0.25) is 0 Å². The summed E-state index contributed by atoms with van der Waals surface area (Å²) in [6.07, 6.45) is 7.48. The number of nitrogens with zero attached hydrogens (tertiary/aromatic N) is 6. The lowest BCUT2D eigenvalue weighted by atomic mass is 9.81. The number of ether oxygens (including phenoxy) is 2. The standard InChI is InChI=1S/C26H35N7O2Si/c1-25(2)14-18(15-26(3,4)31-25)35-23-9-7-21(29-30-23)19-6-8-22(32-11-5-10-27-32)24-20(19)16-28-33(24)17-34-12-13-36/h5-11,16,18,31H,12-15,17H2,1-4,36H3. The molecule has 36 heavy (non-hydrogen) atoms. The number of nitrogens with one attached hydrogen (secondary N) is 1. The monoisotopic (exact) mass is 505 g/mol. The van der Waals surface area contributed by atoms with Crippen molar-refractivity contribution in [3.8, 4) is 22.8 Å². The lowest BCUT2D eigenvalue weighted by Crippen LogP contribution is -2.60. The zero-order valence-corrected chi connectivity index (χ0v) is 23.7. The van der Waals surface area contributed by atoms with E-state index in [0.717, 1.165) is 63.6 Å². The van der Waals surface area contributed by atoms with Crippen LogP contribution in [0.15, 0.2) is 48.9 Å². The van der Waals surface area contributed by atoms with Crippen LogP contribution in [0.5, 0.6) is 5.88 Å². The molecule has 0 atom stereocenters. The SMILES string of the molecule is CC1(C)CC(Oc2ccc(-c3ccc(-n4cccn4)c4c3cnn4COCC[SiH3])nn2)CC(C)(C)N1. The van der Waals surface area contributed by atoms with Crippen LogP contribution in [-0.4, -0.2) is 63.8 Å². The maximum absolute atomic E-state index is 6.28. The van der Waals surface area contributed by atoms with Gasteiger partial charge in [0.1, 0.15) is 12.8 Å². The van der Waals surface area contributed by atoms with Crippen LogP contribution >= 0.6 is 0 Å². The molecule has 0 bridgehead atoms. The normalized spacial score (nSPS) is 17.6. The van der Waals surface area contributed by atoms with Crippen LogP contribution in [0.25, 0.3) is 27.8 Å². The Bertz CT molecular complexity index is 1300. The Morgan fingerprint density at radius 1 is 1.06 bits per heavy atom. The summed E-state index contributed by atoms with van der Waals surface area (Å²) in [5.74, 6) is 0.550. The number of hydrogen-bond acceptors (Lipinski definition) is 7. The molecule has 5 rings (SSSR count). The van der Waals surface area contributed by atoms with E-state index in [4.69, 9.17) is 9.47 Å². The Morgan fingerprint density at radius 2 is 1.86 bits per heavy atom. The molecule has 0 aliphatic carbocycles. The van der Waals surface area contributed by atoms with Crippen LogP contribution in [0, 0.1) is 0 Å². The maximum atomic E-state index is 6.28. The van der Waals surface area contributed by atoms with Gasteiger partial charge in [0.15, 0.2) is 0 Å². The average Bonchev–Trinajstić information content (AvgIpc) is 3.48. The Hall–Kier alpha value is -3.08. The third-order valence-corrected chi connectivity index (χ3v) is 6.86. The first kappa shape index (κ1) is 24.6. The van der Waals surface area contributed by atoms with E-state index >= 15 is 0 Å². The lowest BCUT2D eigenvalue weighted by Gasteiger charge is -2.46. The summed E-state index contributed by atoms with van der Waals surface area (Å²) in [7, 11) is 1.12. The smallest absolute Gasteiger partial charge is 0.233 e. The molecule has 0 saturated carbocycles. The molecule has 9 nitrogen and oxygen atoms in total. The highest BCUT2D eigenvalue weighted by Gasteiger charge is 2.38. The van der Waals surface area contributed by atoms with Crippen molar-refractivity contribution in [3.05, 3.63) is 48.9 Å². The molecule has 1 aromatic carbocycles. The van der Waals surface area contributed by atoms with Crippen molar-refractivity contribution in [3.63, 3.8) is 0 Å². The maximum Gasteiger partial charge on any atom is 0.233 e. The topological polar surface area (TPSA) is 91.9 Å². The van der Waals surface area contributed by atoms with Crippen molar-refractivity contribution in [2.45, 2.75) is 70.5 Å². The molecule has 4 aromatic rings. The second-order valence-corrected chi connectivity index (χ2v) is 11.8. The van der Waals surface area contributed by atoms with E-state index in [2.05, 4.69) is 53.4 Å². The molecule has 10 heteroatoms. The van der Waals surface area contributed by atoms with E-state index in [9.17, 15) is 0 Å². The summed E-state index contributed by atoms with van der Waals surface area (Å²) >= 11 is 0. The Kier molecular flexibility index (Phi) is 6.67. The number of piperidine rings is 1. The molecule has 0 radical (unpaired) electrons. The first-order valence-electron chi connectivity index (χ1n) is 12.6. The summed E-state index contributed by atoms with van der Waals surface area (Å²) < 4.78 is 15.8. The van der Waals surface area contributed by atoms with E-state index in [1.54, 1.807) is 6.20 Å². The van der Waals surface area contributed by atoms with Crippen LogP contribution in [0.1, 0.15) is 40.5 Å². The van der Waals surface area contributed by atoms with Gasteiger partial charge in [0, 0.05) is 70.2 Å². The minimum atomic E-state index is 0.00461. The predicted octanol–water partition coefficient (Wildman–Crippen LogP) is 3.12. The van der Waals surface area contributed by atoms with E-state index in [1.807, 2.05) is 52.1 Å². The van der Waals surface area contributed by atoms with E-state index < -0.39 is 0 Å². The Balaban J connectivity index is 1.44. The number of rotatable bonds is 8. The molecule has 190 valence electrons. The molecule has 1 fully saturated rings. The fraction of sp³-hybridized carbons (Fsp3) is 0.462. The van der Waals surface area contributed by atoms with Crippen molar-refractivity contribution in [1.29, 1.82) is 0 Å². The fourth-order valence-corrected chi connectivity index (χ4v) is 5.69. The van der Waals surface area contributed by atoms with Gasteiger partial charge in [-0.2, -0.15) is 10.2 Å². The van der Waals surface area contributed by atoms with Gasteiger partial charge in [-0.15, -0.1) is 10.2 Å². The quantitative estimate of drug-likeness (QED) is 0.291. The molecule has 3 aromatic heterocycles. The molecule has 0 spiro atoms. The van der Waals surface area contributed by atoms with E-state index in [-0.39, 0.29) is 17.2 Å². The Morgan fingerprint density at radius 3 is 2.53 bits per heavy atom. The van der Waals surface area contributed by atoms with Crippen molar-refractivity contribution in [1.82, 2.24) is 35.1 Å². The van der Waals surface area contributed by atoms with Crippen molar-refractivity contribution < 1.29 is 9.47 Å². The summed E-state index contributed by atoms with van der Waals surface area (Å²) in [5.41, 5.74) is 3.62. The minimum absolute atomic E-state index is 0.00461. The van der Waals surface area contributed by atoms with Gasteiger partial charge in [0.25, 0.3) is 0 Å². The van der Waals surface area contributed by atoms with Gasteiger partial charge in [0.05, 0.1) is 23.1 Å². The van der Waals surface area contributed by atoms with Crippen LogP contribution < -0.4 is 10.1 Å². The number of hydrogen-bond donors (Lipinski definition) is 1. The summed E-state index contributed by atoms with van der Waals surface area (Å²) in [5, 5.41) is 22.7. The predicted molar refractivity (Wildman–Crippen MR) is 144 cm³/mol. The Labute approximate surface area is 214 Å². The second kappa shape index (κ2) is 9.76. The fourth-order valence-electron chi connectivity index (χ4n) is 5.41. The summed E-state index contributed by atoms with van der Waals surface area (Å²) in [4.78, 5) is 0. The molecule has 0 amide bonds. The summed E-state index contributed by atoms with van der Waals surface area (Å²) in [6.45, 7) is 9.99. The molecule has 1 N–H and O–H groups in total. The molecular weight excluding hydrogens is 470 g/mol. The minimum Gasteiger partial charge on any atom is -0.473 e. The molecule has 1 aliphatic rings. The van der Waals surface area contributed by atoms with Crippen molar-refractivity contribution in [2.24, 2.45) is 0 Å². The zero-order valence-electron chi connectivity index (χ0n) is 21.7. The van der Waals surface area contributed by atoms with Crippen LogP contribution in [0.3, 0.4) is 0 Å². The van der Waals surface area contributed by atoms with Crippen LogP contribution in [0.2, 0.25) is 6.04 Å². The first-order chi connectivity index (χ1) is 17.2. The molecule has 1 saturated heterocycles. The highest BCUT2D eigenvalue weighted by atomic mass is 28.1. The third-order valence-electron chi connectivity index (χ3n) is 6.45. The number of aromatic nitrogens is 6. The zero-order chi connectivity index (χ0) is 25.3. The van der Waals surface area contributed by atoms with Gasteiger partial charge >= 0.3 is 0 Å². The third kappa shape index (κ3) is 5.20.